The van der Waals surface area contributed by atoms with Gasteiger partial charge in [0.1, 0.15) is 12.1 Å². The summed E-state index contributed by atoms with van der Waals surface area (Å²) in [5.41, 5.74) is 1.25. The topological polar surface area (TPSA) is 38.2 Å². The third kappa shape index (κ3) is 4.20. The minimum atomic E-state index is 0.605. The van der Waals surface area contributed by atoms with Gasteiger partial charge in [-0.2, -0.15) is 0 Å². The first-order valence-corrected chi connectivity index (χ1v) is 7.75. The van der Waals surface area contributed by atoms with E-state index in [1.165, 1.54) is 5.56 Å². The molecule has 0 N–H and O–H groups in total. The van der Waals surface area contributed by atoms with Crippen LogP contribution in [0.5, 0.6) is 5.88 Å². The first kappa shape index (κ1) is 14.8. The third-order valence-electron chi connectivity index (χ3n) is 2.81. The van der Waals surface area contributed by atoms with Crippen molar-refractivity contribution in [2.75, 3.05) is 23.4 Å². The van der Waals surface area contributed by atoms with Crippen LogP contribution in [-0.4, -0.2) is 28.4 Å². The van der Waals surface area contributed by atoms with Gasteiger partial charge >= 0.3 is 0 Å². The van der Waals surface area contributed by atoms with Crippen molar-refractivity contribution in [3.05, 3.63) is 48.3 Å². The zero-order valence-corrected chi connectivity index (χ0v) is 13.1. The second kappa shape index (κ2) is 7.85. The number of ether oxygens (including phenoxy) is 1. The molecule has 0 fully saturated rings. The highest BCUT2D eigenvalue weighted by molar-refractivity contribution is 9.09. The Hall–Kier alpha value is -1.62. The van der Waals surface area contributed by atoms with Crippen LogP contribution >= 0.6 is 15.9 Å². The fourth-order valence-corrected chi connectivity index (χ4v) is 2.34. The number of hydrogen-bond acceptors (Lipinski definition) is 4. The van der Waals surface area contributed by atoms with E-state index < -0.39 is 0 Å². The molecular formula is C15H18BrN3O. The Bertz CT molecular complexity index is 522. The van der Waals surface area contributed by atoms with E-state index in [9.17, 15) is 0 Å². The number of anilines is 1. The Morgan fingerprint density at radius 3 is 2.70 bits per heavy atom. The molecule has 0 aliphatic carbocycles. The first-order valence-electron chi connectivity index (χ1n) is 6.63. The number of hydrogen-bond donors (Lipinski definition) is 0. The van der Waals surface area contributed by atoms with Crippen molar-refractivity contribution >= 4 is 21.7 Å². The number of rotatable bonds is 7. The van der Waals surface area contributed by atoms with Crippen LogP contribution in [0.2, 0.25) is 0 Å². The van der Waals surface area contributed by atoms with Gasteiger partial charge in [0.15, 0.2) is 0 Å². The van der Waals surface area contributed by atoms with Crippen molar-refractivity contribution in [2.45, 2.75) is 13.5 Å². The maximum absolute atomic E-state index is 5.44. The van der Waals surface area contributed by atoms with E-state index in [-0.39, 0.29) is 0 Å². The zero-order chi connectivity index (χ0) is 14.2. The van der Waals surface area contributed by atoms with E-state index >= 15 is 0 Å². The van der Waals surface area contributed by atoms with E-state index in [1.807, 2.05) is 31.2 Å². The normalized spacial score (nSPS) is 10.3. The molecule has 5 heteroatoms. The molecule has 0 aliphatic heterocycles. The molecule has 0 atom stereocenters. The smallest absolute Gasteiger partial charge is 0.218 e. The Morgan fingerprint density at radius 1 is 1.20 bits per heavy atom. The van der Waals surface area contributed by atoms with E-state index in [0.29, 0.717) is 12.5 Å². The van der Waals surface area contributed by atoms with E-state index in [4.69, 9.17) is 4.74 Å². The molecule has 0 aliphatic rings. The molecule has 106 valence electrons. The maximum Gasteiger partial charge on any atom is 0.218 e. The summed E-state index contributed by atoms with van der Waals surface area (Å²) in [4.78, 5) is 10.7. The lowest BCUT2D eigenvalue weighted by molar-refractivity contribution is 0.326. The van der Waals surface area contributed by atoms with Gasteiger partial charge in [0.25, 0.3) is 0 Å². The van der Waals surface area contributed by atoms with Crippen molar-refractivity contribution in [1.29, 1.82) is 0 Å². The summed E-state index contributed by atoms with van der Waals surface area (Å²) in [5, 5.41) is 0.883. The SMILES string of the molecule is CCOc1cc(N(CCBr)Cc2ccccc2)ncn1. The van der Waals surface area contributed by atoms with Gasteiger partial charge < -0.3 is 9.64 Å². The number of benzene rings is 1. The van der Waals surface area contributed by atoms with Gasteiger partial charge in [0.05, 0.1) is 6.61 Å². The summed E-state index contributed by atoms with van der Waals surface area (Å²) in [5.74, 6) is 1.50. The van der Waals surface area contributed by atoms with Gasteiger partial charge in [-0.05, 0) is 12.5 Å². The molecule has 0 saturated heterocycles. The molecule has 20 heavy (non-hydrogen) atoms. The third-order valence-corrected chi connectivity index (χ3v) is 3.17. The summed E-state index contributed by atoms with van der Waals surface area (Å²) < 4.78 is 5.44. The second-order valence-electron chi connectivity index (χ2n) is 4.24. The molecule has 4 nitrogen and oxygen atoms in total. The Morgan fingerprint density at radius 2 is 2.00 bits per heavy atom. The Balaban J connectivity index is 2.17. The van der Waals surface area contributed by atoms with E-state index in [0.717, 1.165) is 24.2 Å². The average molecular weight is 336 g/mol. The van der Waals surface area contributed by atoms with Crippen LogP contribution in [-0.2, 0) is 6.54 Å². The highest BCUT2D eigenvalue weighted by Crippen LogP contribution is 2.18. The highest BCUT2D eigenvalue weighted by Gasteiger charge is 2.09. The molecule has 0 bridgehead atoms. The van der Waals surface area contributed by atoms with Gasteiger partial charge in [-0.3, -0.25) is 0 Å². The van der Waals surface area contributed by atoms with Crippen molar-refractivity contribution < 1.29 is 4.74 Å². The van der Waals surface area contributed by atoms with Crippen LogP contribution in [0.4, 0.5) is 5.82 Å². The van der Waals surface area contributed by atoms with Gasteiger partial charge in [-0.15, -0.1) is 0 Å². The summed E-state index contributed by atoms with van der Waals surface area (Å²) in [6.07, 6.45) is 1.55. The lowest BCUT2D eigenvalue weighted by atomic mass is 10.2. The fourth-order valence-electron chi connectivity index (χ4n) is 1.91. The van der Waals surface area contributed by atoms with Gasteiger partial charge in [0, 0.05) is 24.5 Å². The summed E-state index contributed by atoms with van der Waals surface area (Å²) >= 11 is 3.49. The number of nitrogens with zero attached hydrogens (tertiary/aromatic N) is 3. The van der Waals surface area contributed by atoms with Crippen LogP contribution in [0.25, 0.3) is 0 Å². The van der Waals surface area contributed by atoms with Crippen molar-refractivity contribution in [2.24, 2.45) is 0 Å². The van der Waals surface area contributed by atoms with Crippen LogP contribution in [0.1, 0.15) is 12.5 Å². The van der Waals surface area contributed by atoms with Crippen LogP contribution in [0, 0.1) is 0 Å². The molecule has 2 aromatic rings. The van der Waals surface area contributed by atoms with Crippen molar-refractivity contribution in [3.63, 3.8) is 0 Å². The highest BCUT2D eigenvalue weighted by atomic mass is 79.9. The second-order valence-corrected chi connectivity index (χ2v) is 5.04. The van der Waals surface area contributed by atoms with Crippen LogP contribution in [0.15, 0.2) is 42.7 Å². The van der Waals surface area contributed by atoms with Crippen molar-refractivity contribution in [3.8, 4) is 5.88 Å². The summed E-state index contributed by atoms with van der Waals surface area (Å²) in [7, 11) is 0. The van der Waals surface area contributed by atoms with Gasteiger partial charge in [-0.1, -0.05) is 46.3 Å². The molecule has 1 aromatic heterocycles. The molecule has 0 unspecified atom stereocenters. The predicted molar refractivity (Wildman–Crippen MR) is 84.5 cm³/mol. The zero-order valence-electron chi connectivity index (χ0n) is 11.5. The number of halogens is 1. The number of alkyl halides is 1. The molecule has 2 rings (SSSR count). The quantitative estimate of drug-likeness (QED) is 0.728. The standard InChI is InChI=1S/C15H18BrN3O/c1-2-20-15-10-14(17-12-18-15)19(9-8-16)11-13-6-4-3-5-7-13/h3-7,10,12H,2,8-9,11H2,1H3. The number of aromatic nitrogens is 2. The van der Waals surface area contributed by atoms with E-state index in [2.05, 4.69) is 42.9 Å². The maximum atomic E-state index is 5.44. The molecule has 0 spiro atoms. The average Bonchev–Trinajstić information content (AvgIpc) is 2.49. The lowest BCUT2D eigenvalue weighted by Gasteiger charge is -2.23. The van der Waals surface area contributed by atoms with E-state index in [1.54, 1.807) is 6.33 Å². The predicted octanol–water partition coefficient (Wildman–Crippen LogP) is 3.28. The molecule has 1 heterocycles. The Labute approximate surface area is 127 Å². The fraction of sp³-hybridized carbons (Fsp3) is 0.333. The monoisotopic (exact) mass is 335 g/mol. The van der Waals surface area contributed by atoms with Crippen LogP contribution < -0.4 is 9.64 Å². The molecular weight excluding hydrogens is 318 g/mol. The largest absolute Gasteiger partial charge is 0.478 e. The summed E-state index contributed by atoms with van der Waals surface area (Å²) in [6.45, 7) is 4.24. The van der Waals surface area contributed by atoms with Gasteiger partial charge in [0.2, 0.25) is 5.88 Å². The molecule has 0 saturated carbocycles. The van der Waals surface area contributed by atoms with Crippen LogP contribution in [0.3, 0.4) is 0 Å². The Kier molecular flexibility index (Phi) is 5.80. The first-order chi connectivity index (χ1) is 9.83. The summed E-state index contributed by atoms with van der Waals surface area (Å²) in [6, 6.07) is 12.2. The minimum Gasteiger partial charge on any atom is -0.478 e. The van der Waals surface area contributed by atoms with Crippen molar-refractivity contribution in [1.82, 2.24) is 9.97 Å². The van der Waals surface area contributed by atoms with Gasteiger partial charge in [-0.25, -0.2) is 9.97 Å². The molecule has 1 aromatic carbocycles. The lowest BCUT2D eigenvalue weighted by Crippen LogP contribution is -2.25. The molecule has 0 amide bonds. The molecule has 0 radical (unpaired) electrons. The minimum absolute atomic E-state index is 0.605.